The van der Waals surface area contributed by atoms with Gasteiger partial charge in [-0.3, -0.25) is 0 Å². The van der Waals surface area contributed by atoms with Crippen LogP contribution in [0.3, 0.4) is 0 Å². The van der Waals surface area contributed by atoms with Gasteiger partial charge in [-0.2, -0.15) is 0 Å². The van der Waals surface area contributed by atoms with Crippen LogP contribution in [0.25, 0.3) is 0 Å². The van der Waals surface area contributed by atoms with Gasteiger partial charge in [0.15, 0.2) is 0 Å². The van der Waals surface area contributed by atoms with Gasteiger partial charge >= 0.3 is 16.8 Å². The van der Waals surface area contributed by atoms with Crippen LogP contribution in [-0.2, 0) is 13.7 Å². The van der Waals surface area contributed by atoms with Gasteiger partial charge < -0.3 is 43.9 Å². The number of hydrogen-bond acceptors (Lipinski definition) is 9. The van der Waals surface area contributed by atoms with Crippen molar-refractivity contribution in [2.75, 3.05) is 0 Å². The summed E-state index contributed by atoms with van der Waals surface area (Å²) >= 11 is 0. The average molecular weight is 237 g/mol. The molecule has 0 radical (unpaired) electrons. The summed E-state index contributed by atoms with van der Waals surface area (Å²) < 4.78 is 11.2. The second-order valence-electron chi connectivity index (χ2n) is 1.32. The third-order valence-corrected chi connectivity index (χ3v) is 0.500. The Kier molecular flexibility index (Phi) is 78.9. The summed E-state index contributed by atoms with van der Waals surface area (Å²) in [6.45, 7) is 0. The average Bonchev–Trinajstić information content (AvgIpc) is 2.23. The van der Waals surface area contributed by atoms with Crippen LogP contribution in [0.15, 0.2) is 0 Å². The van der Waals surface area contributed by atoms with E-state index in [0.717, 1.165) is 0 Å². The van der Waals surface area contributed by atoms with E-state index in [2.05, 4.69) is 13.7 Å². The first-order valence-corrected chi connectivity index (χ1v) is 3.46. The standard InChI is InChI=1S/3B2H2O3.2B/c3*3-1-5-2-4;;/h3*1-2H;;/q3*-2;2*+3. The van der Waals surface area contributed by atoms with E-state index in [4.69, 9.17) is 30.1 Å². The van der Waals surface area contributed by atoms with Gasteiger partial charge in [0.1, 0.15) is 46.1 Å². The number of hydrogen-bond donors (Lipinski definition) is 0. The molecule has 0 rings (SSSR count). The molecule has 0 heterocycles. The topological polar surface area (TPSA) is 166 Å². The molecule has 0 aromatic heterocycles. The summed E-state index contributed by atoms with van der Waals surface area (Å²) in [5.74, 6) is 0. The Morgan fingerprint density at radius 1 is 0.412 bits per heavy atom. The van der Waals surface area contributed by atoms with Gasteiger partial charge in [0.05, 0.1) is 0 Å². The molecule has 0 saturated heterocycles. The van der Waals surface area contributed by atoms with Crippen molar-refractivity contribution in [2.45, 2.75) is 0 Å². The van der Waals surface area contributed by atoms with Crippen LogP contribution in [0.5, 0.6) is 0 Å². The predicted octanol–water partition coefficient (Wildman–Crippen LogP) is -12.0. The Bertz CT molecular complexity index is 53.8. The minimum absolute atomic E-state index is 0. The van der Waals surface area contributed by atoms with Gasteiger partial charge in [0, 0.05) is 0 Å². The van der Waals surface area contributed by atoms with Crippen LogP contribution >= 0.6 is 0 Å². The molecular weight excluding hydrogens is 230 g/mol. The molecule has 0 atom stereocenters. The molecule has 0 aromatic rings. The van der Waals surface area contributed by atoms with Crippen LogP contribution in [0.2, 0.25) is 0 Å². The predicted molar refractivity (Wildman–Crippen MR) is 57.7 cm³/mol. The van der Waals surface area contributed by atoms with Gasteiger partial charge in [-0.1, -0.05) is 0 Å². The fourth-order valence-electron chi connectivity index (χ4n) is 0.102. The largest absolute Gasteiger partial charge is 3.00 e. The van der Waals surface area contributed by atoms with Crippen molar-refractivity contribution in [3.05, 3.63) is 0 Å². The van der Waals surface area contributed by atoms with E-state index in [1.807, 2.05) is 0 Å². The Balaban J connectivity index is -0.0000000400. The molecule has 0 aliphatic carbocycles. The van der Waals surface area contributed by atoms with Crippen molar-refractivity contribution in [1.82, 2.24) is 0 Å². The molecule has 0 fully saturated rings. The summed E-state index contributed by atoms with van der Waals surface area (Å²) in [6, 6.07) is 0. The van der Waals surface area contributed by atoms with Gasteiger partial charge in [-0.15, -0.1) is 0 Å². The minimum atomic E-state index is -0.719. The molecule has 0 aromatic carbocycles. The van der Waals surface area contributed by atoms with E-state index in [9.17, 15) is 0 Å². The van der Waals surface area contributed by atoms with Crippen LogP contribution in [-0.4, -0.2) is 62.9 Å². The first-order valence-electron chi connectivity index (χ1n) is 3.46. The maximum atomic E-state index is 9.11. The monoisotopic (exact) mass is 238 g/mol. The molecule has 0 N–H and O–H groups in total. The van der Waals surface area contributed by atoms with E-state index < -0.39 is 46.1 Å². The molecule has 0 unspecified atom stereocenters. The third-order valence-electron chi connectivity index (χ3n) is 0.500. The molecule has 84 valence electrons. The van der Waals surface area contributed by atoms with Crippen LogP contribution in [0.4, 0.5) is 0 Å². The Morgan fingerprint density at radius 2 is 0.529 bits per heavy atom. The fraction of sp³-hybridized carbons (Fsp3) is 0. The van der Waals surface area contributed by atoms with E-state index in [-0.39, 0.29) is 16.8 Å². The Labute approximate surface area is 107 Å². The molecule has 0 saturated carbocycles. The summed E-state index contributed by atoms with van der Waals surface area (Å²) in [5, 5.41) is 54.6. The molecular formula is H6B8O9. The SMILES string of the molecule is [B+3].[B+3].[O-]BOB[O-].[O-]BOB[O-].[O-]BOB[O-]. The Hall–Kier alpha value is 0.159. The molecule has 0 amide bonds. The third kappa shape index (κ3) is 85.4. The number of rotatable bonds is 6. The maximum absolute atomic E-state index is 9.11. The molecule has 0 bridgehead atoms. The molecule has 0 aliphatic rings. The summed E-state index contributed by atoms with van der Waals surface area (Å²) in [5.41, 5.74) is 0. The first kappa shape index (κ1) is 30.3. The van der Waals surface area contributed by atoms with Crippen LogP contribution in [0.1, 0.15) is 0 Å². The molecule has 17 heavy (non-hydrogen) atoms. The smallest absolute Gasteiger partial charge is 0.861 e. The van der Waals surface area contributed by atoms with E-state index in [1.54, 1.807) is 0 Å². The van der Waals surface area contributed by atoms with Crippen molar-refractivity contribution >= 4 is 62.9 Å². The van der Waals surface area contributed by atoms with Crippen LogP contribution < -0.4 is 30.1 Å². The normalized spacial score (nSPS) is 6.00. The zero-order chi connectivity index (χ0) is 12.4. The van der Waals surface area contributed by atoms with Crippen molar-refractivity contribution < 1.29 is 43.9 Å². The van der Waals surface area contributed by atoms with E-state index in [1.165, 1.54) is 0 Å². The molecule has 17 heteroatoms. The molecule has 9 nitrogen and oxygen atoms in total. The second-order valence-corrected chi connectivity index (χ2v) is 1.32. The minimum Gasteiger partial charge on any atom is -0.861 e. The van der Waals surface area contributed by atoms with Gasteiger partial charge in [0.2, 0.25) is 0 Å². The zero-order valence-corrected chi connectivity index (χ0v) is 9.07. The van der Waals surface area contributed by atoms with Crippen LogP contribution in [0, 0.1) is 0 Å². The summed E-state index contributed by atoms with van der Waals surface area (Å²) in [6.07, 6.45) is 0. The quantitative estimate of drug-likeness (QED) is 0.407. The van der Waals surface area contributed by atoms with Gasteiger partial charge in [0.25, 0.3) is 0 Å². The fourth-order valence-corrected chi connectivity index (χ4v) is 0.102. The van der Waals surface area contributed by atoms with E-state index >= 15 is 0 Å². The Morgan fingerprint density at radius 3 is 0.529 bits per heavy atom. The van der Waals surface area contributed by atoms with Gasteiger partial charge in [-0.05, 0) is 0 Å². The van der Waals surface area contributed by atoms with E-state index in [0.29, 0.717) is 0 Å². The van der Waals surface area contributed by atoms with Crippen molar-refractivity contribution in [3.63, 3.8) is 0 Å². The molecule has 0 spiro atoms. The summed E-state index contributed by atoms with van der Waals surface area (Å²) in [4.78, 5) is 0. The van der Waals surface area contributed by atoms with Crippen molar-refractivity contribution in [1.29, 1.82) is 0 Å². The summed E-state index contributed by atoms with van der Waals surface area (Å²) in [7, 11) is -4.31. The second kappa shape index (κ2) is 44.3. The van der Waals surface area contributed by atoms with Gasteiger partial charge in [-0.25, -0.2) is 0 Å². The first-order chi connectivity index (χ1) is 7.24. The van der Waals surface area contributed by atoms with Crippen molar-refractivity contribution in [2.24, 2.45) is 0 Å². The maximum Gasteiger partial charge on any atom is 3.00 e. The van der Waals surface area contributed by atoms with Crippen molar-refractivity contribution in [3.8, 4) is 0 Å². The molecule has 0 aliphatic heterocycles. The zero-order valence-electron chi connectivity index (χ0n) is 9.07.